The molecule has 84 valence electrons. The summed E-state index contributed by atoms with van der Waals surface area (Å²) < 4.78 is 31.5. The Labute approximate surface area is 93.2 Å². The van der Waals surface area contributed by atoms with E-state index < -0.39 is 28.0 Å². The lowest BCUT2D eigenvalue weighted by Crippen LogP contribution is -1.92. The summed E-state index contributed by atoms with van der Waals surface area (Å²) in [6.07, 6.45) is 0. The number of nitrogens with zero attached hydrogens (tertiary/aromatic N) is 1. The Kier molecular flexibility index (Phi) is 2.43. The lowest BCUT2D eigenvalue weighted by molar-refractivity contribution is 0.436. The van der Waals surface area contributed by atoms with Crippen LogP contribution in [-0.4, -0.2) is 10.3 Å². The second-order valence-corrected chi connectivity index (χ2v) is 3.37. The third-order valence-electron chi connectivity index (χ3n) is 1.92. The Morgan fingerprint density at radius 2 is 2.06 bits per heavy atom. The standard InChI is InChI=1S/C9H5ClF2N2O2/c10-8-5(15)1-3(11)7(9(8)12)4-2-6(13)16-14-4/h1-2,15H,13H2. The van der Waals surface area contributed by atoms with E-state index in [-0.39, 0.29) is 11.6 Å². The molecule has 0 bridgehead atoms. The van der Waals surface area contributed by atoms with Crippen molar-refractivity contribution in [1.29, 1.82) is 0 Å². The van der Waals surface area contributed by atoms with Crippen LogP contribution in [0.1, 0.15) is 0 Å². The van der Waals surface area contributed by atoms with Crippen LogP contribution in [0.5, 0.6) is 5.75 Å². The molecule has 0 radical (unpaired) electrons. The fraction of sp³-hybridized carbons (Fsp3) is 0. The van der Waals surface area contributed by atoms with Crippen LogP contribution < -0.4 is 5.73 Å². The van der Waals surface area contributed by atoms with Crippen LogP contribution >= 0.6 is 11.6 Å². The summed E-state index contributed by atoms with van der Waals surface area (Å²) in [6.45, 7) is 0. The number of rotatable bonds is 1. The highest BCUT2D eigenvalue weighted by molar-refractivity contribution is 6.32. The molecule has 0 atom stereocenters. The molecule has 3 N–H and O–H groups in total. The number of benzene rings is 1. The van der Waals surface area contributed by atoms with E-state index >= 15 is 0 Å². The Morgan fingerprint density at radius 1 is 1.38 bits per heavy atom. The number of nitrogens with two attached hydrogens (primary N) is 1. The number of phenols is 1. The van der Waals surface area contributed by atoms with Gasteiger partial charge in [0.05, 0.1) is 5.56 Å². The molecule has 0 aliphatic rings. The van der Waals surface area contributed by atoms with E-state index in [9.17, 15) is 8.78 Å². The summed E-state index contributed by atoms with van der Waals surface area (Å²) in [4.78, 5) is 0. The first-order valence-corrected chi connectivity index (χ1v) is 4.47. The van der Waals surface area contributed by atoms with E-state index in [1.165, 1.54) is 0 Å². The average molecular weight is 247 g/mol. The largest absolute Gasteiger partial charge is 0.506 e. The number of hydrogen-bond acceptors (Lipinski definition) is 4. The van der Waals surface area contributed by atoms with Gasteiger partial charge in [0.15, 0.2) is 5.82 Å². The van der Waals surface area contributed by atoms with Crippen LogP contribution in [-0.2, 0) is 0 Å². The molecular formula is C9H5ClF2N2O2. The maximum Gasteiger partial charge on any atom is 0.222 e. The van der Waals surface area contributed by atoms with Gasteiger partial charge in [-0.05, 0) is 0 Å². The molecule has 0 saturated carbocycles. The van der Waals surface area contributed by atoms with Crippen LogP contribution in [0.15, 0.2) is 16.7 Å². The molecule has 7 heteroatoms. The molecule has 2 aromatic rings. The Morgan fingerprint density at radius 3 is 2.62 bits per heavy atom. The fourth-order valence-corrected chi connectivity index (χ4v) is 1.37. The second kappa shape index (κ2) is 3.64. The summed E-state index contributed by atoms with van der Waals surface area (Å²) >= 11 is 5.43. The van der Waals surface area contributed by atoms with E-state index in [0.717, 1.165) is 6.07 Å². The van der Waals surface area contributed by atoms with Gasteiger partial charge in [-0.2, -0.15) is 0 Å². The Bertz CT molecular complexity index is 557. The van der Waals surface area contributed by atoms with Crippen molar-refractivity contribution >= 4 is 17.5 Å². The maximum atomic E-state index is 13.6. The molecule has 0 aliphatic heterocycles. The molecule has 1 heterocycles. The first-order chi connectivity index (χ1) is 7.50. The quantitative estimate of drug-likeness (QED) is 0.759. The van der Waals surface area contributed by atoms with Gasteiger partial charge in [0.1, 0.15) is 22.3 Å². The molecule has 1 aromatic heterocycles. The van der Waals surface area contributed by atoms with Crippen molar-refractivity contribution in [3.05, 3.63) is 28.8 Å². The Balaban J connectivity index is 2.70. The number of aromatic hydroxyl groups is 1. The van der Waals surface area contributed by atoms with Crippen LogP contribution in [0.2, 0.25) is 5.02 Å². The van der Waals surface area contributed by atoms with Crippen molar-refractivity contribution < 1.29 is 18.4 Å². The number of hydrogen-bond donors (Lipinski definition) is 2. The van der Waals surface area contributed by atoms with E-state index in [2.05, 4.69) is 9.68 Å². The van der Waals surface area contributed by atoms with Crippen LogP contribution in [0.4, 0.5) is 14.7 Å². The van der Waals surface area contributed by atoms with Crippen molar-refractivity contribution in [2.75, 3.05) is 5.73 Å². The molecule has 4 nitrogen and oxygen atoms in total. The van der Waals surface area contributed by atoms with Crippen molar-refractivity contribution in [2.24, 2.45) is 0 Å². The van der Waals surface area contributed by atoms with Gasteiger partial charge >= 0.3 is 0 Å². The highest BCUT2D eigenvalue weighted by atomic mass is 35.5. The molecule has 2 rings (SSSR count). The third kappa shape index (κ3) is 1.57. The fourth-order valence-electron chi connectivity index (χ4n) is 1.22. The molecule has 16 heavy (non-hydrogen) atoms. The van der Waals surface area contributed by atoms with Gasteiger partial charge in [-0.15, -0.1) is 0 Å². The zero-order valence-electron chi connectivity index (χ0n) is 7.67. The average Bonchev–Trinajstić information content (AvgIpc) is 2.61. The molecular weight excluding hydrogens is 242 g/mol. The SMILES string of the molecule is Nc1cc(-c2c(F)cc(O)c(Cl)c2F)no1. The number of aromatic nitrogens is 1. The van der Waals surface area contributed by atoms with Crippen LogP contribution in [0.25, 0.3) is 11.3 Å². The molecule has 0 spiro atoms. The highest BCUT2D eigenvalue weighted by Crippen LogP contribution is 2.36. The Hall–Kier alpha value is -1.82. The minimum Gasteiger partial charge on any atom is -0.506 e. The van der Waals surface area contributed by atoms with Crippen molar-refractivity contribution in [2.45, 2.75) is 0 Å². The van der Waals surface area contributed by atoms with Crippen molar-refractivity contribution in [3.63, 3.8) is 0 Å². The molecule has 0 aliphatic carbocycles. The summed E-state index contributed by atoms with van der Waals surface area (Å²) in [5.74, 6) is -2.89. The minimum absolute atomic E-state index is 0.0852. The topological polar surface area (TPSA) is 72.3 Å². The smallest absolute Gasteiger partial charge is 0.222 e. The van der Waals surface area contributed by atoms with E-state index in [0.29, 0.717) is 6.07 Å². The number of halogens is 3. The van der Waals surface area contributed by atoms with E-state index in [1.807, 2.05) is 0 Å². The van der Waals surface area contributed by atoms with Gasteiger partial charge in [-0.3, -0.25) is 0 Å². The summed E-state index contributed by atoms with van der Waals surface area (Å²) in [7, 11) is 0. The minimum atomic E-state index is -1.12. The number of anilines is 1. The lowest BCUT2D eigenvalue weighted by Gasteiger charge is -2.04. The van der Waals surface area contributed by atoms with Gasteiger partial charge < -0.3 is 15.4 Å². The first kappa shape index (κ1) is 10.7. The molecule has 0 unspecified atom stereocenters. The first-order valence-electron chi connectivity index (χ1n) is 4.09. The zero-order valence-corrected chi connectivity index (χ0v) is 8.42. The third-order valence-corrected chi connectivity index (χ3v) is 2.28. The predicted molar refractivity (Wildman–Crippen MR) is 52.9 cm³/mol. The van der Waals surface area contributed by atoms with Gasteiger partial charge in [0, 0.05) is 12.1 Å². The second-order valence-electron chi connectivity index (χ2n) is 3.00. The molecule has 0 saturated heterocycles. The van der Waals surface area contributed by atoms with Gasteiger partial charge in [0.2, 0.25) is 5.88 Å². The predicted octanol–water partition coefficient (Wildman–Crippen LogP) is 2.56. The zero-order chi connectivity index (χ0) is 11.9. The van der Waals surface area contributed by atoms with Gasteiger partial charge in [-0.25, -0.2) is 8.78 Å². The maximum absolute atomic E-state index is 13.6. The van der Waals surface area contributed by atoms with E-state index in [4.69, 9.17) is 22.4 Å². The monoisotopic (exact) mass is 246 g/mol. The van der Waals surface area contributed by atoms with Gasteiger partial charge in [-0.1, -0.05) is 16.8 Å². The van der Waals surface area contributed by atoms with Crippen molar-refractivity contribution in [3.8, 4) is 17.0 Å². The van der Waals surface area contributed by atoms with Crippen LogP contribution in [0, 0.1) is 11.6 Å². The van der Waals surface area contributed by atoms with Crippen molar-refractivity contribution in [1.82, 2.24) is 5.16 Å². The molecule has 0 amide bonds. The van der Waals surface area contributed by atoms with Gasteiger partial charge in [0.25, 0.3) is 0 Å². The number of phenolic OH excluding ortho intramolecular Hbond substituents is 1. The van der Waals surface area contributed by atoms with Crippen LogP contribution in [0.3, 0.4) is 0 Å². The normalized spacial score (nSPS) is 10.7. The van der Waals surface area contributed by atoms with E-state index in [1.54, 1.807) is 0 Å². The molecule has 0 fully saturated rings. The lowest BCUT2D eigenvalue weighted by atomic mass is 10.1. The summed E-state index contributed by atoms with van der Waals surface area (Å²) in [6, 6.07) is 1.83. The highest BCUT2D eigenvalue weighted by Gasteiger charge is 2.21. The molecule has 1 aromatic carbocycles. The summed E-state index contributed by atoms with van der Waals surface area (Å²) in [5, 5.41) is 11.8. The number of nitrogen functional groups attached to an aromatic ring is 1. The summed E-state index contributed by atoms with van der Waals surface area (Å²) in [5.41, 5.74) is 4.60.